The second-order valence-electron chi connectivity index (χ2n) is 6.84. The number of hydrogen-bond donors (Lipinski definition) is 2. The van der Waals surface area contributed by atoms with Crippen molar-refractivity contribution in [1.29, 1.82) is 0 Å². The van der Waals surface area contributed by atoms with Crippen molar-refractivity contribution in [3.8, 4) is 0 Å². The van der Waals surface area contributed by atoms with Crippen LogP contribution in [0.15, 0.2) is 0 Å². The molecular weight excluding hydrogens is 286 g/mol. The van der Waals surface area contributed by atoms with E-state index in [1.807, 2.05) is 0 Å². The molecule has 0 spiro atoms. The van der Waals surface area contributed by atoms with Crippen LogP contribution < -0.4 is 10.0 Å². The Bertz CT molecular complexity index is 425. The van der Waals surface area contributed by atoms with Gasteiger partial charge in [-0.15, -0.1) is 0 Å². The highest BCUT2D eigenvalue weighted by molar-refractivity contribution is 7.87. The van der Waals surface area contributed by atoms with Gasteiger partial charge in [0, 0.05) is 31.2 Å². The first kappa shape index (κ1) is 17.2. The van der Waals surface area contributed by atoms with Crippen LogP contribution >= 0.6 is 0 Å². The fraction of sp³-hybridized carbons (Fsp3) is 1.00. The van der Waals surface area contributed by atoms with Gasteiger partial charge in [0.25, 0.3) is 10.2 Å². The van der Waals surface area contributed by atoms with Crippen LogP contribution in [0.2, 0.25) is 0 Å². The van der Waals surface area contributed by atoms with Gasteiger partial charge < -0.3 is 5.32 Å². The quantitative estimate of drug-likeness (QED) is 0.718. The number of hydrogen-bond acceptors (Lipinski definition) is 3. The van der Waals surface area contributed by atoms with Crippen molar-refractivity contribution in [1.82, 2.24) is 14.3 Å². The standard InChI is InChI=1S/C15H31N3O2S/c1-4-7-13-10-15(13)17-21(19,20)18-9-6-5-8-14(18)11-16-12(2)3/h12-17H,4-11H2,1-3H3. The third kappa shape index (κ3) is 4.91. The lowest BCUT2D eigenvalue weighted by atomic mass is 10.0. The molecule has 5 nitrogen and oxygen atoms in total. The Morgan fingerprint density at radius 3 is 2.71 bits per heavy atom. The Morgan fingerprint density at radius 1 is 1.29 bits per heavy atom. The van der Waals surface area contributed by atoms with Gasteiger partial charge in [-0.3, -0.25) is 0 Å². The minimum atomic E-state index is -3.33. The second-order valence-corrected chi connectivity index (χ2v) is 8.49. The van der Waals surface area contributed by atoms with Gasteiger partial charge in [-0.1, -0.05) is 33.6 Å². The molecular formula is C15H31N3O2S. The molecule has 0 amide bonds. The number of rotatable bonds is 8. The Labute approximate surface area is 130 Å². The van der Waals surface area contributed by atoms with E-state index in [0.29, 0.717) is 18.5 Å². The van der Waals surface area contributed by atoms with Gasteiger partial charge >= 0.3 is 0 Å². The summed E-state index contributed by atoms with van der Waals surface area (Å²) in [5.41, 5.74) is 0. The van der Waals surface area contributed by atoms with Gasteiger partial charge in [0.1, 0.15) is 0 Å². The van der Waals surface area contributed by atoms with Crippen LogP contribution in [0, 0.1) is 5.92 Å². The molecule has 6 heteroatoms. The van der Waals surface area contributed by atoms with E-state index in [0.717, 1.165) is 45.1 Å². The Kier molecular flexibility index (Phi) is 6.05. The van der Waals surface area contributed by atoms with Gasteiger partial charge in [-0.2, -0.15) is 17.4 Å². The molecule has 1 saturated carbocycles. The van der Waals surface area contributed by atoms with E-state index in [4.69, 9.17) is 0 Å². The molecule has 3 unspecified atom stereocenters. The molecule has 2 aliphatic rings. The van der Waals surface area contributed by atoms with Crippen LogP contribution in [-0.4, -0.2) is 43.9 Å². The van der Waals surface area contributed by atoms with Gasteiger partial charge in [0.2, 0.25) is 0 Å². The van der Waals surface area contributed by atoms with Crippen LogP contribution in [0.25, 0.3) is 0 Å². The fourth-order valence-electron chi connectivity index (χ4n) is 3.21. The van der Waals surface area contributed by atoms with E-state index in [1.54, 1.807) is 4.31 Å². The number of piperidine rings is 1. The molecule has 0 bridgehead atoms. The molecule has 2 N–H and O–H groups in total. The summed E-state index contributed by atoms with van der Waals surface area (Å²) in [4.78, 5) is 0. The minimum absolute atomic E-state index is 0.0991. The molecule has 2 rings (SSSR count). The van der Waals surface area contributed by atoms with Crippen molar-refractivity contribution < 1.29 is 8.42 Å². The summed E-state index contributed by atoms with van der Waals surface area (Å²) in [5, 5.41) is 3.38. The van der Waals surface area contributed by atoms with E-state index in [9.17, 15) is 8.42 Å². The van der Waals surface area contributed by atoms with Crippen LogP contribution in [0.5, 0.6) is 0 Å². The van der Waals surface area contributed by atoms with Crippen LogP contribution in [-0.2, 0) is 10.2 Å². The lowest BCUT2D eigenvalue weighted by Gasteiger charge is -2.35. The lowest BCUT2D eigenvalue weighted by molar-refractivity contribution is 0.239. The topological polar surface area (TPSA) is 61.4 Å². The summed E-state index contributed by atoms with van der Waals surface area (Å²) >= 11 is 0. The van der Waals surface area contributed by atoms with Crippen LogP contribution in [0.1, 0.15) is 59.3 Å². The van der Waals surface area contributed by atoms with Crippen molar-refractivity contribution in [2.45, 2.75) is 77.4 Å². The first-order chi connectivity index (χ1) is 9.94. The third-order valence-electron chi connectivity index (χ3n) is 4.53. The first-order valence-corrected chi connectivity index (χ1v) is 9.90. The fourth-order valence-corrected chi connectivity index (χ4v) is 4.96. The highest BCUT2D eigenvalue weighted by Crippen LogP contribution is 2.35. The van der Waals surface area contributed by atoms with E-state index in [-0.39, 0.29) is 12.1 Å². The highest BCUT2D eigenvalue weighted by Gasteiger charge is 2.42. The molecule has 21 heavy (non-hydrogen) atoms. The summed E-state index contributed by atoms with van der Waals surface area (Å²) in [7, 11) is -3.33. The Hall–Kier alpha value is -0.170. The predicted octanol–water partition coefficient (Wildman–Crippen LogP) is 1.86. The molecule has 0 radical (unpaired) electrons. The van der Waals surface area contributed by atoms with Crippen molar-refractivity contribution in [2.24, 2.45) is 5.92 Å². The smallest absolute Gasteiger partial charge is 0.280 e. The molecule has 1 aliphatic carbocycles. The van der Waals surface area contributed by atoms with E-state index in [2.05, 4.69) is 30.8 Å². The molecule has 1 saturated heterocycles. The second kappa shape index (κ2) is 7.40. The maximum atomic E-state index is 12.6. The average Bonchev–Trinajstić information content (AvgIpc) is 3.14. The van der Waals surface area contributed by atoms with Crippen molar-refractivity contribution >= 4 is 10.2 Å². The van der Waals surface area contributed by atoms with Gasteiger partial charge in [0.05, 0.1) is 0 Å². The summed E-state index contributed by atoms with van der Waals surface area (Å²) in [6.07, 6.45) is 6.33. The molecule has 0 aromatic rings. The maximum Gasteiger partial charge on any atom is 0.280 e. The molecule has 0 aromatic carbocycles. The summed E-state index contributed by atoms with van der Waals surface area (Å²) in [6.45, 7) is 7.76. The zero-order chi connectivity index (χ0) is 15.5. The first-order valence-electron chi connectivity index (χ1n) is 8.46. The monoisotopic (exact) mass is 317 g/mol. The van der Waals surface area contributed by atoms with Crippen molar-refractivity contribution in [2.75, 3.05) is 13.1 Å². The SMILES string of the molecule is CCCC1CC1NS(=O)(=O)N1CCCCC1CNC(C)C. The third-order valence-corrected chi connectivity index (χ3v) is 6.22. The van der Waals surface area contributed by atoms with Gasteiger partial charge in [-0.05, 0) is 31.6 Å². The van der Waals surface area contributed by atoms with Crippen LogP contribution in [0.4, 0.5) is 0 Å². The predicted molar refractivity (Wildman–Crippen MR) is 86.3 cm³/mol. The average molecular weight is 317 g/mol. The van der Waals surface area contributed by atoms with Crippen molar-refractivity contribution in [3.63, 3.8) is 0 Å². The summed E-state index contributed by atoms with van der Waals surface area (Å²) < 4.78 is 29.9. The van der Waals surface area contributed by atoms with E-state index >= 15 is 0 Å². The molecule has 1 heterocycles. The molecule has 2 fully saturated rings. The van der Waals surface area contributed by atoms with Crippen molar-refractivity contribution in [3.05, 3.63) is 0 Å². The van der Waals surface area contributed by atoms with E-state index < -0.39 is 10.2 Å². The minimum Gasteiger partial charge on any atom is -0.313 e. The largest absolute Gasteiger partial charge is 0.313 e. The molecule has 124 valence electrons. The normalized spacial score (nSPS) is 30.8. The summed E-state index contributed by atoms with van der Waals surface area (Å²) in [5.74, 6) is 0.557. The number of nitrogens with zero attached hydrogens (tertiary/aromatic N) is 1. The molecule has 3 atom stereocenters. The Morgan fingerprint density at radius 2 is 2.05 bits per heavy atom. The highest BCUT2D eigenvalue weighted by atomic mass is 32.2. The zero-order valence-electron chi connectivity index (χ0n) is 13.6. The molecule has 0 aromatic heterocycles. The Balaban J connectivity index is 1.92. The summed E-state index contributed by atoms with van der Waals surface area (Å²) in [6, 6.07) is 0.666. The van der Waals surface area contributed by atoms with Gasteiger partial charge in [0.15, 0.2) is 0 Å². The lowest BCUT2D eigenvalue weighted by Crippen LogP contribution is -2.53. The maximum absolute atomic E-state index is 12.6. The number of nitrogens with one attached hydrogen (secondary N) is 2. The van der Waals surface area contributed by atoms with Crippen LogP contribution in [0.3, 0.4) is 0 Å². The zero-order valence-corrected chi connectivity index (χ0v) is 14.5. The molecule has 1 aliphatic heterocycles. The van der Waals surface area contributed by atoms with E-state index in [1.165, 1.54) is 0 Å². The van der Waals surface area contributed by atoms with Gasteiger partial charge in [-0.25, -0.2) is 0 Å².